The monoisotopic (exact) mass is 243 g/mol. The van der Waals surface area contributed by atoms with E-state index < -0.39 is 6.10 Å². The molecular formula is C14H29NO2. The van der Waals surface area contributed by atoms with Crippen LogP contribution < -0.4 is 0 Å². The van der Waals surface area contributed by atoms with Gasteiger partial charge in [-0.15, -0.1) is 0 Å². The molecule has 0 aromatic heterocycles. The quantitative estimate of drug-likeness (QED) is 0.384. The lowest BCUT2D eigenvalue weighted by Crippen LogP contribution is -2.09. The summed E-state index contributed by atoms with van der Waals surface area (Å²) in [7, 11) is 0. The zero-order valence-electron chi connectivity index (χ0n) is 11.4. The fourth-order valence-corrected chi connectivity index (χ4v) is 2.04. The van der Waals surface area contributed by atoms with Crippen LogP contribution in [0.3, 0.4) is 0 Å². The molecule has 0 rings (SSSR count). The van der Waals surface area contributed by atoms with Crippen LogP contribution in [0.2, 0.25) is 0 Å². The van der Waals surface area contributed by atoms with Crippen molar-refractivity contribution in [3.8, 4) is 0 Å². The minimum atomic E-state index is -0.512. The summed E-state index contributed by atoms with van der Waals surface area (Å²) >= 11 is 0. The van der Waals surface area contributed by atoms with Crippen molar-refractivity contribution in [3.63, 3.8) is 0 Å². The van der Waals surface area contributed by atoms with Crippen molar-refractivity contribution in [1.82, 2.24) is 0 Å². The minimum absolute atomic E-state index is 0.0530. The highest BCUT2D eigenvalue weighted by Gasteiger charge is 2.02. The molecule has 0 radical (unpaired) electrons. The molecule has 0 aliphatic rings. The molecule has 1 unspecified atom stereocenters. The van der Waals surface area contributed by atoms with Gasteiger partial charge in [0.2, 0.25) is 0 Å². The van der Waals surface area contributed by atoms with E-state index in [9.17, 15) is 10.0 Å². The van der Waals surface area contributed by atoms with Crippen LogP contribution in [0.5, 0.6) is 0 Å². The summed E-state index contributed by atoms with van der Waals surface area (Å²) < 4.78 is 0. The maximum atomic E-state index is 9.89. The second-order valence-electron chi connectivity index (χ2n) is 4.94. The van der Waals surface area contributed by atoms with Gasteiger partial charge in [0.15, 0.2) is 0 Å². The Kier molecular flexibility index (Phi) is 13.3. The van der Waals surface area contributed by atoms with E-state index >= 15 is 0 Å². The summed E-state index contributed by atoms with van der Waals surface area (Å²) in [6.07, 6.45) is 13.2. The van der Waals surface area contributed by atoms with Crippen molar-refractivity contribution in [3.05, 3.63) is 4.91 Å². The molecular weight excluding hydrogens is 214 g/mol. The van der Waals surface area contributed by atoms with Crippen LogP contribution in [0.15, 0.2) is 5.18 Å². The second kappa shape index (κ2) is 13.6. The van der Waals surface area contributed by atoms with Gasteiger partial charge in [-0.2, -0.15) is 4.91 Å². The van der Waals surface area contributed by atoms with E-state index in [2.05, 4.69) is 12.1 Å². The summed E-state index contributed by atoms with van der Waals surface area (Å²) in [5, 5.41) is 12.0. The lowest BCUT2D eigenvalue weighted by atomic mass is 10.0. The van der Waals surface area contributed by atoms with Crippen molar-refractivity contribution in [1.29, 1.82) is 0 Å². The van der Waals surface area contributed by atoms with Crippen molar-refractivity contribution < 1.29 is 5.11 Å². The standard InChI is InChI=1S/C14H29NO2/c1-2-3-4-5-6-7-8-9-10-11-12-14(16)13-15-17/h14,16H,2-13H2,1H3. The maximum Gasteiger partial charge on any atom is 0.107 e. The van der Waals surface area contributed by atoms with E-state index in [0.29, 0.717) is 0 Å². The molecule has 0 fully saturated rings. The van der Waals surface area contributed by atoms with Crippen LogP contribution in [0, 0.1) is 4.91 Å². The molecule has 0 aliphatic carbocycles. The molecule has 102 valence electrons. The third-order valence-electron chi connectivity index (χ3n) is 3.18. The number of aliphatic hydroxyl groups is 1. The molecule has 0 heterocycles. The highest BCUT2D eigenvalue weighted by Crippen LogP contribution is 2.11. The largest absolute Gasteiger partial charge is 0.391 e. The average molecular weight is 243 g/mol. The third kappa shape index (κ3) is 13.5. The summed E-state index contributed by atoms with van der Waals surface area (Å²) in [6, 6.07) is 0. The van der Waals surface area contributed by atoms with Gasteiger partial charge in [0.25, 0.3) is 0 Å². The zero-order chi connectivity index (χ0) is 12.8. The number of unbranched alkanes of at least 4 members (excludes halogenated alkanes) is 9. The maximum absolute atomic E-state index is 9.89. The number of hydrogen-bond acceptors (Lipinski definition) is 3. The van der Waals surface area contributed by atoms with Crippen molar-refractivity contribution in [2.24, 2.45) is 5.18 Å². The van der Waals surface area contributed by atoms with Gasteiger partial charge in [-0.3, -0.25) is 0 Å². The lowest BCUT2D eigenvalue weighted by molar-refractivity contribution is 0.169. The molecule has 0 saturated heterocycles. The number of aliphatic hydroxyl groups excluding tert-OH is 1. The summed E-state index contributed by atoms with van der Waals surface area (Å²) in [4.78, 5) is 9.89. The van der Waals surface area contributed by atoms with Crippen LogP contribution >= 0.6 is 0 Å². The molecule has 1 N–H and O–H groups in total. The molecule has 0 spiro atoms. The molecule has 0 bridgehead atoms. The Morgan fingerprint density at radius 1 is 0.882 bits per heavy atom. The Labute approximate surface area is 106 Å². The highest BCUT2D eigenvalue weighted by atomic mass is 16.3. The Morgan fingerprint density at radius 3 is 1.82 bits per heavy atom. The van der Waals surface area contributed by atoms with E-state index in [-0.39, 0.29) is 6.54 Å². The van der Waals surface area contributed by atoms with Gasteiger partial charge in [0.05, 0.1) is 6.10 Å². The number of nitroso groups, excluding NO2 is 1. The molecule has 3 heteroatoms. The second-order valence-corrected chi connectivity index (χ2v) is 4.94. The van der Waals surface area contributed by atoms with Crippen LogP contribution in [-0.2, 0) is 0 Å². The van der Waals surface area contributed by atoms with Gasteiger partial charge in [-0.25, -0.2) is 0 Å². The first-order chi connectivity index (χ1) is 8.31. The zero-order valence-corrected chi connectivity index (χ0v) is 11.4. The number of rotatable bonds is 13. The fourth-order valence-electron chi connectivity index (χ4n) is 2.04. The predicted octanol–water partition coefficient (Wildman–Crippen LogP) is 4.42. The van der Waals surface area contributed by atoms with E-state index in [1.165, 1.54) is 57.8 Å². The molecule has 0 aromatic carbocycles. The minimum Gasteiger partial charge on any atom is -0.391 e. The van der Waals surface area contributed by atoms with Crippen LogP contribution in [-0.4, -0.2) is 17.8 Å². The SMILES string of the molecule is CCCCCCCCCCCCC(O)CN=O. The van der Waals surface area contributed by atoms with Crippen LogP contribution in [0.1, 0.15) is 77.6 Å². The Hall–Kier alpha value is -0.440. The predicted molar refractivity (Wildman–Crippen MR) is 73.1 cm³/mol. The van der Waals surface area contributed by atoms with Gasteiger partial charge in [0, 0.05) is 0 Å². The first kappa shape index (κ1) is 16.6. The number of nitrogens with zero attached hydrogens (tertiary/aromatic N) is 1. The molecule has 0 aromatic rings. The topological polar surface area (TPSA) is 49.7 Å². The molecule has 0 saturated carbocycles. The summed E-state index contributed by atoms with van der Waals surface area (Å²) in [5.41, 5.74) is 0. The van der Waals surface area contributed by atoms with Crippen LogP contribution in [0.25, 0.3) is 0 Å². The fraction of sp³-hybridized carbons (Fsp3) is 1.00. The summed E-state index contributed by atoms with van der Waals surface area (Å²) in [5.74, 6) is 0. The summed E-state index contributed by atoms with van der Waals surface area (Å²) in [6.45, 7) is 2.30. The molecule has 0 amide bonds. The Bertz CT molecular complexity index is 162. The van der Waals surface area contributed by atoms with Crippen molar-refractivity contribution in [2.75, 3.05) is 6.54 Å². The smallest absolute Gasteiger partial charge is 0.107 e. The molecule has 17 heavy (non-hydrogen) atoms. The lowest BCUT2D eigenvalue weighted by Gasteiger charge is -2.05. The van der Waals surface area contributed by atoms with Crippen molar-refractivity contribution >= 4 is 0 Å². The van der Waals surface area contributed by atoms with Gasteiger partial charge in [-0.05, 0) is 6.42 Å². The average Bonchev–Trinajstić information content (AvgIpc) is 2.32. The first-order valence-electron chi connectivity index (χ1n) is 7.28. The van der Waals surface area contributed by atoms with Crippen LogP contribution in [0.4, 0.5) is 0 Å². The van der Waals surface area contributed by atoms with E-state index in [4.69, 9.17) is 0 Å². The van der Waals surface area contributed by atoms with Gasteiger partial charge in [-0.1, -0.05) is 76.3 Å². The van der Waals surface area contributed by atoms with E-state index in [0.717, 1.165) is 12.8 Å². The van der Waals surface area contributed by atoms with Gasteiger partial charge < -0.3 is 5.11 Å². The molecule has 0 aliphatic heterocycles. The molecule has 3 nitrogen and oxygen atoms in total. The highest BCUT2D eigenvalue weighted by molar-refractivity contribution is 4.58. The Balaban J connectivity index is 3.00. The normalized spacial score (nSPS) is 12.6. The Morgan fingerprint density at radius 2 is 1.35 bits per heavy atom. The van der Waals surface area contributed by atoms with E-state index in [1.54, 1.807) is 0 Å². The van der Waals surface area contributed by atoms with Gasteiger partial charge in [0.1, 0.15) is 6.54 Å². The molecule has 1 atom stereocenters. The van der Waals surface area contributed by atoms with Gasteiger partial charge >= 0.3 is 0 Å². The number of hydrogen-bond donors (Lipinski definition) is 1. The first-order valence-corrected chi connectivity index (χ1v) is 7.28. The van der Waals surface area contributed by atoms with Crippen molar-refractivity contribution in [2.45, 2.75) is 83.7 Å². The third-order valence-corrected chi connectivity index (χ3v) is 3.18. The van der Waals surface area contributed by atoms with E-state index in [1.807, 2.05) is 0 Å².